The highest BCUT2D eigenvalue weighted by Gasteiger charge is 2.42. The molecule has 2 aromatic rings. The second-order valence-electron chi connectivity index (χ2n) is 7.54. The average Bonchev–Trinajstić information content (AvgIpc) is 3.00. The summed E-state index contributed by atoms with van der Waals surface area (Å²) in [6.07, 6.45) is 0. The van der Waals surface area contributed by atoms with Crippen LogP contribution < -0.4 is 4.74 Å². The largest absolute Gasteiger partial charge is 0.496 e. The lowest BCUT2D eigenvalue weighted by atomic mass is 10.0. The zero-order chi connectivity index (χ0) is 21.3. The summed E-state index contributed by atoms with van der Waals surface area (Å²) < 4.78 is 5.50. The monoisotopic (exact) mass is 425 g/mol. The number of para-hydroxylation sites is 1. The third-order valence-corrected chi connectivity index (χ3v) is 5.85. The van der Waals surface area contributed by atoms with Crippen molar-refractivity contribution in [1.29, 1.82) is 0 Å². The van der Waals surface area contributed by atoms with E-state index in [4.69, 9.17) is 16.3 Å². The van der Waals surface area contributed by atoms with E-state index >= 15 is 0 Å². The molecule has 6 nitrogen and oxygen atoms in total. The number of carbonyl (C=O) groups is 2. The zero-order valence-electron chi connectivity index (χ0n) is 17.1. The van der Waals surface area contributed by atoms with Gasteiger partial charge in [-0.15, -0.1) is 0 Å². The molecule has 0 unspecified atom stereocenters. The summed E-state index contributed by atoms with van der Waals surface area (Å²) in [4.78, 5) is 32.5. The number of hydrogen-bond donors (Lipinski definition) is 0. The number of nitrogens with zero attached hydrogens (tertiary/aromatic N) is 3. The summed E-state index contributed by atoms with van der Waals surface area (Å²) in [7, 11) is 3.63. The van der Waals surface area contributed by atoms with Crippen molar-refractivity contribution in [3.8, 4) is 5.75 Å². The Balaban J connectivity index is 1.75. The lowest BCUT2D eigenvalue weighted by molar-refractivity contribution is -0.138. The predicted octanol–water partition coefficient (Wildman–Crippen LogP) is 2.88. The molecular formula is C23H24ClN3O3. The van der Waals surface area contributed by atoms with E-state index < -0.39 is 0 Å². The second kappa shape index (κ2) is 8.50. The maximum Gasteiger partial charge on any atom is 0.278 e. The molecule has 2 aromatic carbocycles. The standard InChI is InChI=1S/C23H24ClN3O3/c1-25-11-13-26(14-12-25)21-20(18-5-3-4-6-19(18)30-2)22(28)27(23(21)29)15-16-7-9-17(24)10-8-16/h3-10H,11-15H2,1-2H3. The van der Waals surface area contributed by atoms with E-state index in [-0.39, 0.29) is 18.4 Å². The quantitative estimate of drug-likeness (QED) is 0.689. The van der Waals surface area contributed by atoms with Crippen molar-refractivity contribution in [2.45, 2.75) is 6.54 Å². The highest BCUT2D eigenvalue weighted by atomic mass is 35.5. The fourth-order valence-electron chi connectivity index (χ4n) is 3.90. The van der Waals surface area contributed by atoms with Gasteiger partial charge in [-0.1, -0.05) is 41.9 Å². The van der Waals surface area contributed by atoms with Gasteiger partial charge in [-0.2, -0.15) is 0 Å². The molecule has 2 amide bonds. The van der Waals surface area contributed by atoms with E-state index in [1.54, 1.807) is 19.2 Å². The molecular weight excluding hydrogens is 402 g/mol. The van der Waals surface area contributed by atoms with Gasteiger partial charge >= 0.3 is 0 Å². The molecule has 0 bridgehead atoms. The van der Waals surface area contributed by atoms with E-state index in [1.807, 2.05) is 41.3 Å². The Labute approximate surface area is 181 Å². The van der Waals surface area contributed by atoms with E-state index in [0.29, 0.717) is 40.7 Å². The normalized spacial score (nSPS) is 17.8. The number of methoxy groups -OCH3 is 1. The molecule has 0 spiro atoms. The second-order valence-corrected chi connectivity index (χ2v) is 7.97. The Bertz CT molecular complexity index is 995. The van der Waals surface area contributed by atoms with Crippen LogP contribution in [0, 0.1) is 0 Å². The molecule has 156 valence electrons. The van der Waals surface area contributed by atoms with Crippen LogP contribution in [0.4, 0.5) is 0 Å². The topological polar surface area (TPSA) is 53.1 Å². The van der Waals surface area contributed by atoms with Gasteiger partial charge in [-0.25, -0.2) is 0 Å². The molecule has 4 rings (SSSR count). The minimum absolute atomic E-state index is 0.199. The van der Waals surface area contributed by atoms with Crippen LogP contribution >= 0.6 is 11.6 Å². The molecule has 2 aliphatic rings. The highest BCUT2D eigenvalue weighted by Crippen LogP contribution is 2.37. The van der Waals surface area contributed by atoms with Crippen molar-refractivity contribution in [2.24, 2.45) is 0 Å². The van der Waals surface area contributed by atoms with Gasteiger partial charge in [0.25, 0.3) is 11.8 Å². The van der Waals surface area contributed by atoms with Crippen molar-refractivity contribution >= 4 is 29.0 Å². The van der Waals surface area contributed by atoms with E-state index in [1.165, 1.54) is 4.90 Å². The first-order valence-corrected chi connectivity index (χ1v) is 10.3. The molecule has 7 heteroatoms. The smallest absolute Gasteiger partial charge is 0.278 e. The van der Waals surface area contributed by atoms with Gasteiger partial charge in [0.1, 0.15) is 11.4 Å². The molecule has 30 heavy (non-hydrogen) atoms. The summed E-state index contributed by atoms with van der Waals surface area (Å²) in [6.45, 7) is 3.25. The Morgan fingerprint density at radius 3 is 2.27 bits per heavy atom. The van der Waals surface area contributed by atoms with E-state index in [2.05, 4.69) is 11.9 Å². The molecule has 1 fully saturated rings. The van der Waals surface area contributed by atoms with Gasteiger partial charge < -0.3 is 14.5 Å². The molecule has 0 aromatic heterocycles. The van der Waals surface area contributed by atoms with Crippen LogP contribution in [-0.2, 0) is 16.1 Å². The summed E-state index contributed by atoms with van der Waals surface area (Å²) >= 11 is 5.98. The molecule has 0 N–H and O–H groups in total. The number of ether oxygens (including phenoxy) is 1. The van der Waals surface area contributed by atoms with Crippen molar-refractivity contribution in [2.75, 3.05) is 40.3 Å². The minimum atomic E-state index is -0.298. The van der Waals surface area contributed by atoms with Gasteiger partial charge in [0, 0.05) is 36.8 Å². The van der Waals surface area contributed by atoms with Crippen LogP contribution in [0.15, 0.2) is 54.2 Å². The van der Waals surface area contributed by atoms with Crippen LogP contribution in [0.2, 0.25) is 5.02 Å². The van der Waals surface area contributed by atoms with Crippen LogP contribution in [0.3, 0.4) is 0 Å². The van der Waals surface area contributed by atoms with Crippen molar-refractivity contribution in [3.63, 3.8) is 0 Å². The Kier molecular flexibility index (Phi) is 5.79. The van der Waals surface area contributed by atoms with Gasteiger partial charge in [0.2, 0.25) is 0 Å². The number of benzene rings is 2. The lowest BCUT2D eigenvalue weighted by Crippen LogP contribution is -2.46. The van der Waals surface area contributed by atoms with E-state index in [0.717, 1.165) is 18.7 Å². The molecule has 1 saturated heterocycles. The molecule has 0 radical (unpaired) electrons. The molecule has 2 heterocycles. The Hall–Kier alpha value is -2.83. The van der Waals surface area contributed by atoms with Crippen molar-refractivity contribution < 1.29 is 14.3 Å². The fraction of sp³-hybridized carbons (Fsp3) is 0.304. The van der Waals surface area contributed by atoms with Gasteiger partial charge in [0.15, 0.2) is 0 Å². The fourth-order valence-corrected chi connectivity index (χ4v) is 4.02. The first-order valence-electron chi connectivity index (χ1n) is 9.91. The van der Waals surface area contributed by atoms with Crippen LogP contribution in [-0.4, -0.2) is 66.9 Å². The van der Waals surface area contributed by atoms with Crippen LogP contribution in [0.1, 0.15) is 11.1 Å². The third-order valence-electron chi connectivity index (χ3n) is 5.59. The average molecular weight is 426 g/mol. The number of rotatable bonds is 5. The summed E-state index contributed by atoms with van der Waals surface area (Å²) in [5.41, 5.74) is 2.37. The first-order chi connectivity index (χ1) is 14.5. The number of carbonyl (C=O) groups excluding carboxylic acids is 2. The van der Waals surface area contributed by atoms with E-state index in [9.17, 15) is 9.59 Å². The van der Waals surface area contributed by atoms with Crippen molar-refractivity contribution in [3.05, 3.63) is 70.4 Å². The summed E-state index contributed by atoms with van der Waals surface area (Å²) in [5, 5.41) is 0.615. The van der Waals surface area contributed by atoms with Gasteiger partial charge in [-0.05, 0) is 30.8 Å². The number of piperazine rings is 1. The molecule has 0 aliphatic carbocycles. The first kappa shape index (κ1) is 20.4. The number of amides is 2. The lowest BCUT2D eigenvalue weighted by Gasteiger charge is -2.34. The van der Waals surface area contributed by atoms with Gasteiger partial charge in [-0.3, -0.25) is 14.5 Å². The molecule has 2 aliphatic heterocycles. The Morgan fingerprint density at radius 2 is 1.60 bits per heavy atom. The van der Waals surface area contributed by atoms with Crippen molar-refractivity contribution in [1.82, 2.24) is 14.7 Å². The summed E-state index contributed by atoms with van der Waals surface area (Å²) in [6, 6.07) is 14.5. The minimum Gasteiger partial charge on any atom is -0.496 e. The number of imide groups is 1. The molecule has 0 atom stereocenters. The maximum absolute atomic E-state index is 13.5. The predicted molar refractivity (Wildman–Crippen MR) is 116 cm³/mol. The van der Waals surface area contributed by atoms with Crippen LogP contribution in [0.5, 0.6) is 5.75 Å². The third kappa shape index (κ3) is 3.80. The Morgan fingerprint density at radius 1 is 0.933 bits per heavy atom. The summed E-state index contributed by atoms with van der Waals surface area (Å²) in [5.74, 6) is 0.0161. The number of hydrogen-bond acceptors (Lipinski definition) is 5. The number of likely N-dealkylation sites (N-methyl/N-ethyl adjacent to an activating group) is 1. The SMILES string of the molecule is COc1ccccc1C1=C(N2CCN(C)CC2)C(=O)N(Cc2ccc(Cl)cc2)C1=O. The van der Waals surface area contributed by atoms with Crippen LogP contribution in [0.25, 0.3) is 5.57 Å². The highest BCUT2D eigenvalue weighted by molar-refractivity contribution is 6.36. The maximum atomic E-state index is 13.5. The zero-order valence-corrected chi connectivity index (χ0v) is 17.9. The molecule has 0 saturated carbocycles. The van der Waals surface area contributed by atoms with Gasteiger partial charge in [0.05, 0.1) is 19.2 Å². The number of halogens is 1.